The Hall–Kier alpha value is -3.05. The van der Waals surface area contributed by atoms with Crippen LogP contribution in [0.15, 0.2) is 47.9 Å². The zero-order chi connectivity index (χ0) is 34.7. The summed E-state index contributed by atoms with van der Waals surface area (Å²) in [6.45, 7) is 10.1. The lowest BCUT2D eigenvalue weighted by Gasteiger charge is -2.44. The standard InChI is InChI=1S/C36H43F4NO5S/c1-22(2)28-12-11-27(21-29(28)23(3)4)47(45,46)35-18-19-41(32(43)34(44)16-7-6-8-26(42)15-17-34)31(35)14-9-24-20-25(10-13-30(24)35)33(5,37)36(38,39)40/h10-13,20-21,23,31,44H,1,6-9,14-19H2,2-5H3. The van der Waals surface area contributed by atoms with Crippen molar-refractivity contribution in [3.05, 3.63) is 70.8 Å². The number of amides is 1. The van der Waals surface area contributed by atoms with Crippen LogP contribution in [0.3, 0.4) is 0 Å². The fourth-order valence-corrected chi connectivity index (χ4v) is 10.2. The summed E-state index contributed by atoms with van der Waals surface area (Å²) >= 11 is 0. The number of halogens is 4. The summed E-state index contributed by atoms with van der Waals surface area (Å²) in [4.78, 5) is 27.9. The van der Waals surface area contributed by atoms with Gasteiger partial charge in [0, 0.05) is 19.4 Å². The number of fused-ring (bicyclic) bond motifs is 3. The molecule has 2 aromatic rings. The number of sulfone groups is 1. The van der Waals surface area contributed by atoms with Gasteiger partial charge in [-0.3, -0.25) is 9.59 Å². The lowest BCUT2D eigenvalue weighted by Crippen LogP contribution is -2.57. The topological polar surface area (TPSA) is 91.8 Å². The maximum absolute atomic E-state index is 15.1. The number of allylic oxidation sites excluding steroid dienone is 1. The Morgan fingerprint density at radius 1 is 1.02 bits per heavy atom. The molecule has 2 aromatic carbocycles. The molecular formula is C36H43F4NO5S. The average Bonchev–Trinajstić information content (AvgIpc) is 3.41. The molecule has 0 bridgehead atoms. The summed E-state index contributed by atoms with van der Waals surface area (Å²) in [6, 6.07) is 7.24. The van der Waals surface area contributed by atoms with Crippen LogP contribution in [-0.4, -0.2) is 54.5 Å². The molecule has 1 heterocycles. The van der Waals surface area contributed by atoms with Gasteiger partial charge in [-0.05, 0) is 105 Å². The van der Waals surface area contributed by atoms with Crippen molar-refractivity contribution in [1.29, 1.82) is 0 Å². The Morgan fingerprint density at radius 3 is 2.36 bits per heavy atom. The molecule has 1 amide bonds. The summed E-state index contributed by atoms with van der Waals surface area (Å²) in [7, 11) is -4.36. The van der Waals surface area contributed by atoms with Crippen molar-refractivity contribution in [3.8, 4) is 0 Å². The van der Waals surface area contributed by atoms with Gasteiger partial charge in [-0.2, -0.15) is 13.2 Å². The number of benzene rings is 2. The Bertz CT molecular complexity index is 1720. The number of Topliss-reactive ketones (excluding diaryl/α,β-unsaturated/α-hetero) is 1. The van der Waals surface area contributed by atoms with Crippen LogP contribution in [0.5, 0.6) is 0 Å². The second kappa shape index (κ2) is 12.1. The first kappa shape index (κ1) is 35.3. The van der Waals surface area contributed by atoms with Gasteiger partial charge in [0.05, 0.1) is 10.9 Å². The van der Waals surface area contributed by atoms with Crippen molar-refractivity contribution in [3.63, 3.8) is 0 Å². The molecule has 0 aromatic heterocycles. The van der Waals surface area contributed by atoms with Crippen LogP contribution < -0.4 is 0 Å². The van der Waals surface area contributed by atoms with Gasteiger partial charge >= 0.3 is 6.18 Å². The van der Waals surface area contributed by atoms with E-state index in [4.69, 9.17) is 0 Å². The number of carbonyl (C=O) groups excluding carboxylic acids is 2. The smallest absolute Gasteiger partial charge is 0.380 e. The van der Waals surface area contributed by atoms with E-state index in [9.17, 15) is 27.9 Å². The number of aryl methyl sites for hydroxylation is 1. The average molecular weight is 678 g/mol. The first-order valence-corrected chi connectivity index (χ1v) is 17.8. The van der Waals surface area contributed by atoms with E-state index >= 15 is 12.8 Å². The number of rotatable bonds is 6. The summed E-state index contributed by atoms with van der Waals surface area (Å²) in [6.07, 6.45) is -3.61. The number of nitrogens with zero attached hydrogens (tertiary/aromatic N) is 1. The molecular weight excluding hydrogens is 634 g/mol. The normalized spacial score (nSPS) is 26.6. The minimum absolute atomic E-state index is 0.00306. The lowest BCUT2D eigenvalue weighted by molar-refractivity contribution is -0.228. The number of carbonyl (C=O) groups is 2. The highest BCUT2D eigenvalue weighted by Crippen LogP contribution is 2.55. The van der Waals surface area contributed by atoms with E-state index in [2.05, 4.69) is 6.58 Å². The molecule has 4 atom stereocenters. The van der Waals surface area contributed by atoms with E-state index in [1.807, 2.05) is 20.8 Å². The highest BCUT2D eigenvalue weighted by atomic mass is 32.2. The third kappa shape index (κ3) is 5.75. The molecule has 2 fully saturated rings. The lowest BCUT2D eigenvalue weighted by atomic mass is 9.76. The highest BCUT2D eigenvalue weighted by Gasteiger charge is 2.63. The predicted octanol–water partition coefficient (Wildman–Crippen LogP) is 7.46. The molecule has 2 aliphatic carbocycles. The summed E-state index contributed by atoms with van der Waals surface area (Å²) in [5.74, 6) is -0.744. The van der Waals surface area contributed by atoms with Crippen LogP contribution in [0.25, 0.3) is 5.57 Å². The molecule has 1 N–H and O–H groups in total. The van der Waals surface area contributed by atoms with Crippen LogP contribution in [0, 0.1) is 0 Å². The van der Waals surface area contributed by atoms with Gasteiger partial charge in [0.15, 0.2) is 9.84 Å². The molecule has 5 rings (SSSR count). The summed E-state index contributed by atoms with van der Waals surface area (Å²) in [5.41, 5.74) is -3.30. The van der Waals surface area contributed by atoms with Gasteiger partial charge < -0.3 is 10.0 Å². The van der Waals surface area contributed by atoms with Gasteiger partial charge in [-0.25, -0.2) is 12.8 Å². The molecule has 3 aliphatic rings. The monoisotopic (exact) mass is 677 g/mol. The fraction of sp³-hybridized carbons (Fsp3) is 0.556. The van der Waals surface area contributed by atoms with Gasteiger partial charge in [0.2, 0.25) is 5.67 Å². The zero-order valence-corrected chi connectivity index (χ0v) is 28.2. The van der Waals surface area contributed by atoms with E-state index in [1.54, 1.807) is 12.1 Å². The first-order valence-electron chi connectivity index (χ1n) is 16.3. The second-order valence-electron chi connectivity index (χ2n) is 14.0. The van der Waals surface area contributed by atoms with Crippen LogP contribution in [0.4, 0.5) is 17.6 Å². The van der Waals surface area contributed by atoms with Crippen LogP contribution >= 0.6 is 0 Å². The van der Waals surface area contributed by atoms with E-state index in [-0.39, 0.29) is 72.8 Å². The second-order valence-corrected chi connectivity index (χ2v) is 16.2. The van der Waals surface area contributed by atoms with Crippen molar-refractivity contribution in [2.45, 2.75) is 125 Å². The van der Waals surface area contributed by atoms with Gasteiger partial charge in [0.25, 0.3) is 5.91 Å². The third-order valence-electron chi connectivity index (χ3n) is 10.6. The summed E-state index contributed by atoms with van der Waals surface area (Å²) in [5, 5.41) is 11.6. The van der Waals surface area contributed by atoms with Crippen LogP contribution in [0.2, 0.25) is 0 Å². The van der Waals surface area contributed by atoms with Crippen molar-refractivity contribution in [2.75, 3.05) is 6.54 Å². The fourth-order valence-electron chi connectivity index (χ4n) is 7.83. The molecule has 0 spiro atoms. The predicted molar refractivity (Wildman–Crippen MR) is 171 cm³/mol. The Kier molecular flexibility index (Phi) is 9.10. The zero-order valence-electron chi connectivity index (χ0n) is 27.3. The quantitative estimate of drug-likeness (QED) is 0.321. The van der Waals surface area contributed by atoms with Crippen molar-refractivity contribution in [1.82, 2.24) is 4.90 Å². The number of hydrogen-bond acceptors (Lipinski definition) is 5. The number of ketones is 1. The number of likely N-dealkylation sites (tertiary alicyclic amines) is 1. The first-order chi connectivity index (χ1) is 21.8. The van der Waals surface area contributed by atoms with E-state index < -0.39 is 49.5 Å². The van der Waals surface area contributed by atoms with Gasteiger partial charge in [-0.15, -0.1) is 0 Å². The Morgan fingerprint density at radius 2 is 1.72 bits per heavy atom. The Balaban J connectivity index is 1.69. The number of aliphatic hydroxyl groups is 1. The molecule has 6 nitrogen and oxygen atoms in total. The molecule has 1 saturated carbocycles. The minimum Gasteiger partial charge on any atom is -0.380 e. The minimum atomic E-state index is -5.19. The van der Waals surface area contributed by atoms with E-state index in [0.717, 1.165) is 28.8 Å². The SMILES string of the molecule is C=C(C)c1ccc(S(=O)(=O)C23CCN(C(=O)C4(O)CCCCC(=O)CC4)C2CCc2cc(C(C)(F)C(F)(F)F)ccc23)cc1C(C)C. The molecule has 47 heavy (non-hydrogen) atoms. The summed E-state index contributed by atoms with van der Waals surface area (Å²) < 4.78 is 84.7. The maximum atomic E-state index is 15.1. The molecule has 11 heteroatoms. The molecule has 4 unspecified atom stereocenters. The number of hydrogen-bond donors (Lipinski definition) is 1. The van der Waals surface area contributed by atoms with Crippen LogP contribution in [-0.2, 0) is 36.3 Å². The van der Waals surface area contributed by atoms with Crippen LogP contribution in [0.1, 0.15) is 113 Å². The molecule has 1 aliphatic heterocycles. The maximum Gasteiger partial charge on any atom is 0.426 e. The highest BCUT2D eigenvalue weighted by molar-refractivity contribution is 7.92. The molecule has 1 saturated heterocycles. The van der Waals surface area contributed by atoms with Crippen molar-refractivity contribution in [2.24, 2.45) is 0 Å². The van der Waals surface area contributed by atoms with Crippen molar-refractivity contribution >= 4 is 27.1 Å². The van der Waals surface area contributed by atoms with E-state index in [0.29, 0.717) is 26.2 Å². The van der Waals surface area contributed by atoms with Gasteiger partial charge in [0.1, 0.15) is 16.1 Å². The number of alkyl halides is 4. The van der Waals surface area contributed by atoms with Gasteiger partial charge in [-0.1, -0.05) is 50.3 Å². The van der Waals surface area contributed by atoms with E-state index in [1.165, 1.54) is 17.0 Å². The largest absolute Gasteiger partial charge is 0.426 e. The molecule has 0 radical (unpaired) electrons. The molecule has 256 valence electrons. The Labute approximate surface area is 274 Å². The van der Waals surface area contributed by atoms with Crippen molar-refractivity contribution < 1.29 is 40.7 Å². The third-order valence-corrected chi connectivity index (χ3v) is 13.2.